The van der Waals surface area contributed by atoms with Gasteiger partial charge in [0, 0.05) is 13.0 Å². The summed E-state index contributed by atoms with van der Waals surface area (Å²) in [6.45, 7) is 2.80. The van der Waals surface area contributed by atoms with Gasteiger partial charge in [-0.2, -0.15) is 0 Å². The third-order valence-corrected chi connectivity index (χ3v) is 8.64. The molecule has 0 spiro atoms. The van der Waals surface area contributed by atoms with Crippen molar-refractivity contribution < 1.29 is 13.2 Å². The van der Waals surface area contributed by atoms with Gasteiger partial charge in [-0.15, -0.1) is 0 Å². The highest BCUT2D eigenvalue weighted by Crippen LogP contribution is 2.25. The Kier molecular flexibility index (Phi) is 8.95. The minimum Gasteiger partial charge on any atom is -0.323 e. The molecule has 7 heteroatoms. The van der Waals surface area contributed by atoms with Crippen molar-refractivity contribution in [3.8, 4) is 11.1 Å². The number of aryl methyl sites for hydroxylation is 1. The summed E-state index contributed by atoms with van der Waals surface area (Å²) in [7, 11) is -4.01. The molecule has 0 saturated heterocycles. The second-order valence-corrected chi connectivity index (χ2v) is 11.9. The van der Waals surface area contributed by atoms with Crippen molar-refractivity contribution in [2.75, 3.05) is 0 Å². The number of imidazole rings is 1. The van der Waals surface area contributed by atoms with E-state index in [-0.39, 0.29) is 10.5 Å². The van der Waals surface area contributed by atoms with E-state index in [2.05, 4.69) is 52.6 Å². The Bertz CT molecular complexity index is 1710. The zero-order chi connectivity index (χ0) is 28.7. The number of sulfonamides is 1. The van der Waals surface area contributed by atoms with Crippen LogP contribution in [0.15, 0.2) is 108 Å². The van der Waals surface area contributed by atoms with Crippen molar-refractivity contribution in [1.82, 2.24) is 14.3 Å². The topological polar surface area (TPSA) is 81.1 Å². The van der Waals surface area contributed by atoms with E-state index in [9.17, 15) is 13.2 Å². The number of rotatable bonds is 12. The van der Waals surface area contributed by atoms with E-state index in [4.69, 9.17) is 4.98 Å². The average Bonchev–Trinajstić information content (AvgIpc) is 3.35. The van der Waals surface area contributed by atoms with E-state index in [1.165, 1.54) is 37.0 Å². The number of benzene rings is 4. The SMILES string of the molecule is CCCCCCCc1nc2c(C(=O)NS(=O)(=O)c3ccccc3)cccc2n1Cc1ccc(-c2ccccc2)cc1. The maximum atomic E-state index is 13.3. The molecule has 1 heterocycles. The van der Waals surface area contributed by atoms with Gasteiger partial charge in [0.15, 0.2) is 0 Å². The molecule has 41 heavy (non-hydrogen) atoms. The summed E-state index contributed by atoms with van der Waals surface area (Å²) < 4.78 is 30.1. The van der Waals surface area contributed by atoms with Crippen LogP contribution < -0.4 is 4.72 Å². The molecular weight excluding hydrogens is 530 g/mol. The number of para-hydroxylation sites is 1. The molecule has 1 N–H and O–H groups in total. The Hall–Kier alpha value is -4.23. The minimum atomic E-state index is -4.01. The summed E-state index contributed by atoms with van der Waals surface area (Å²) in [5, 5.41) is 0. The number of hydrogen-bond donors (Lipinski definition) is 1. The highest BCUT2D eigenvalue weighted by molar-refractivity contribution is 7.90. The van der Waals surface area contributed by atoms with Crippen LogP contribution in [0.1, 0.15) is 60.8 Å². The predicted molar refractivity (Wildman–Crippen MR) is 164 cm³/mol. The van der Waals surface area contributed by atoms with Crippen LogP contribution in [-0.2, 0) is 23.0 Å². The molecule has 4 aromatic carbocycles. The molecular formula is C34H35N3O3S. The van der Waals surface area contributed by atoms with Gasteiger partial charge < -0.3 is 4.57 Å². The van der Waals surface area contributed by atoms with Crippen molar-refractivity contribution in [1.29, 1.82) is 0 Å². The van der Waals surface area contributed by atoms with Gasteiger partial charge in [0.1, 0.15) is 11.3 Å². The Labute approximate surface area is 242 Å². The van der Waals surface area contributed by atoms with Crippen LogP contribution >= 0.6 is 0 Å². The maximum Gasteiger partial charge on any atom is 0.267 e. The van der Waals surface area contributed by atoms with Crippen LogP contribution in [0.4, 0.5) is 0 Å². The molecule has 1 aromatic heterocycles. The normalized spacial score (nSPS) is 11.5. The lowest BCUT2D eigenvalue weighted by atomic mass is 10.0. The molecule has 6 nitrogen and oxygen atoms in total. The van der Waals surface area contributed by atoms with E-state index >= 15 is 0 Å². The molecule has 0 unspecified atom stereocenters. The average molecular weight is 566 g/mol. The number of carbonyl (C=O) groups is 1. The van der Waals surface area contributed by atoms with Gasteiger partial charge in [0.2, 0.25) is 0 Å². The molecule has 0 aliphatic carbocycles. The van der Waals surface area contributed by atoms with E-state index < -0.39 is 15.9 Å². The van der Waals surface area contributed by atoms with Crippen molar-refractivity contribution in [3.05, 3.63) is 120 Å². The Balaban J connectivity index is 1.46. The van der Waals surface area contributed by atoms with E-state index in [0.29, 0.717) is 12.1 Å². The number of aromatic nitrogens is 2. The number of nitrogens with one attached hydrogen (secondary N) is 1. The Morgan fingerprint density at radius 2 is 1.41 bits per heavy atom. The third-order valence-electron chi connectivity index (χ3n) is 7.29. The first-order valence-corrected chi connectivity index (χ1v) is 15.7. The maximum absolute atomic E-state index is 13.3. The summed E-state index contributed by atoms with van der Waals surface area (Å²) in [4.78, 5) is 18.3. The highest BCUT2D eigenvalue weighted by Gasteiger charge is 2.22. The van der Waals surface area contributed by atoms with Gasteiger partial charge in [-0.3, -0.25) is 4.79 Å². The standard InChI is InChI=1S/C34H35N3O3S/c1-2-3-4-5-12-20-32-35-33-30(34(38)36-41(39,40)29-16-10-7-11-17-29)18-13-19-31(33)37(32)25-26-21-23-28(24-22-26)27-14-8-6-9-15-27/h6-11,13-19,21-24H,2-5,12,20,25H2,1H3,(H,36,38). The first kappa shape index (κ1) is 28.3. The largest absolute Gasteiger partial charge is 0.323 e. The fourth-order valence-electron chi connectivity index (χ4n) is 5.08. The minimum absolute atomic E-state index is 0.0396. The van der Waals surface area contributed by atoms with E-state index in [1.54, 1.807) is 30.3 Å². The quantitative estimate of drug-likeness (QED) is 0.160. The molecule has 0 aliphatic rings. The predicted octanol–water partition coefficient (Wildman–Crippen LogP) is 7.38. The summed E-state index contributed by atoms with van der Waals surface area (Å²) in [6.07, 6.45) is 6.48. The number of unbranched alkanes of at least 4 members (excludes halogenated alkanes) is 4. The molecule has 0 atom stereocenters. The highest BCUT2D eigenvalue weighted by atomic mass is 32.2. The first-order chi connectivity index (χ1) is 20.0. The van der Waals surface area contributed by atoms with Crippen LogP contribution in [0.5, 0.6) is 0 Å². The van der Waals surface area contributed by atoms with Crippen molar-refractivity contribution in [3.63, 3.8) is 0 Å². The zero-order valence-electron chi connectivity index (χ0n) is 23.3. The number of hydrogen-bond acceptors (Lipinski definition) is 4. The second-order valence-electron chi connectivity index (χ2n) is 10.3. The summed E-state index contributed by atoms with van der Waals surface area (Å²) in [5.41, 5.74) is 5.01. The molecule has 0 bridgehead atoms. The molecule has 5 aromatic rings. The van der Waals surface area contributed by atoms with Gasteiger partial charge >= 0.3 is 0 Å². The summed E-state index contributed by atoms with van der Waals surface area (Å²) >= 11 is 0. The number of nitrogens with zero attached hydrogens (tertiary/aromatic N) is 2. The van der Waals surface area contributed by atoms with Crippen LogP contribution in [0.25, 0.3) is 22.2 Å². The molecule has 0 saturated carbocycles. The van der Waals surface area contributed by atoms with Crippen LogP contribution in [0, 0.1) is 0 Å². The number of fused-ring (bicyclic) bond motifs is 1. The lowest BCUT2D eigenvalue weighted by Gasteiger charge is -2.11. The van der Waals surface area contributed by atoms with Gasteiger partial charge in [0.05, 0.1) is 16.0 Å². The molecule has 0 aliphatic heterocycles. The lowest BCUT2D eigenvalue weighted by molar-refractivity contribution is 0.0983. The molecule has 0 radical (unpaired) electrons. The Morgan fingerprint density at radius 1 is 0.756 bits per heavy atom. The van der Waals surface area contributed by atoms with Crippen molar-refractivity contribution in [2.45, 2.75) is 56.9 Å². The third kappa shape index (κ3) is 6.74. The van der Waals surface area contributed by atoms with E-state index in [1.807, 2.05) is 24.3 Å². The fraction of sp³-hybridized carbons (Fsp3) is 0.235. The first-order valence-electron chi connectivity index (χ1n) is 14.2. The fourth-order valence-corrected chi connectivity index (χ4v) is 6.07. The molecule has 1 amide bonds. The van der Waals surface area contributed by atoms with Gasteiger partial charge in [-0.05, 0) is 47.4 Å². The zero-order valence-corrected chi connectivity index (χ0v) is 24.1. The van der Waals surface area contributed by atoms with Gasteiger partial charge in [0.25, 0.3) is 15.9 Å². The second kappa shape index (κ2) is 13.0. The van der Waals surface area contributed by atoms with Crippen molar-refractivity contribution in [2.24, 2.45) is 0 Å². The monoisotopic (exact) mass is 565 g/mol. The molecule has 5 rings (SSSR count). The molecule has 210 valence electrons. The smallest absolute Gasteiger partial charge is 0.267 e. The lowest BCUT2D eigenvalue weighted by Crippen LogP contribution is -2.30. The molecule has 0 fully saturated rings. The number of amides is 1. The van der Waals surface area contributed by atoms with Crippen LogP contribution in [0.2, 0.25) is 0 Å². The van der Waals surface area contributed by atoms with E-state index in [0.717, 1.165) is 41.7 Å². The Morgan fingerprint density at radius 3 is 2.12 bits per heavy atom. The summed E-state index contributed by atoms with van der Waals surface area (Å²) in [6, 6.07) is 32.1. The van der Waals surface area contributed by atoms with Crippen LogP contribution in [-0.4, -0.2) is 23.9 Å². The van der Waals surface area contributed by atoms with Crippen molar-refractivity contribution >= 4 is 27.0 Å². The summed E-state index contributed by atoms with van der Waals surface area (Å²) in [5.74, 6) is 0.209. The van der Waals surface area contributed by atoms with Gasteiger partial charge in [-0.25, -0.2) is 18.1 Å². The van der Waals surface area contributed by atoms with Crippen LogP contribution in [0.3, 0.4) is 0 Å². The van der Waals surface area contributed by atoms with Gasteiger partial charge in [-0.1, -0.05) is 111 Å². The number of carbonyl (C=O) groups excluding carboxylic acids is 1.